The molecular formula is C24H36N2O11. The zero-order valence-corrected chi connectivity index (χ0v) is 21.5. The Morgan fingerprint density at radius 1 is 1.22 bits per heavy atom. The molecule has 1 amide bonds. The van der Waals surface area contributed by atoms with E-state index in [2.05, 4.69) is 10.2 Å². The van der Waals surface area contributed by atoms with Gasteiger partial charge < -0.3 is 29.0 Å². The molecule has 3 atom stereocenters. The topological polar surface area (TPSA) is 162 Å². The normalized spacial score (nSPS) is 17.5. The minimum Gasteiger partial charge on any atom is -0.490 e. The molecule has 0 aromatic heterocycles. The molecule has 0 spiro atoms. The number of nitrogens with one attached hydrogen (secondary N) is 1. The van der Waals surface area contributed by atoms with Crippen LogP contribution >= 0.6 is 0 Å². The van der Waals surface area contributed by atoms with Gasteiger partial charge in [-0.1, -0.05) is 0 Å². The van der Waals surface area contributed by atoms with Gasteiger partial charge in [0.15, 0.2) is 23.8 Å². The van der Waals surface area contributed by atoms with Crippen LogP contribution in [0.3, 0.4) is 0 Å². The summed E-state index contributed by atoms with van der Waals surface area (Å²) in [5, 5.41) is 19.2. The van der Waals surface area contributed by atoms with Gasteiger partial charge in [0.05, 0.1) is 24.7 Å². The summed E-state index contributed by atoms with van der Waals surface area (Å²) in [5.41, 5.74) is -0.576. The second-order valence-corrected chi connectivity index (χ2v) is 9.29. The van der Waals surface area contributed by atoms with E-state index in [-0.39, 0.29) is 36.7 Å². The van der Waals surface area contributed by atoms with Crippen molar-refractivity contribution in [2.45, 2.75) is 77.4 Å². The molecule has 2 rings (SSSR count). The number of nitrogens with zero attached hydrogens (tertiary/aromatic N) is 1. The molecule has 1 heterocycles. The second-order valence-electron chi connectivity index (χ2n) is 9.29. The monoisotopic (exact) mass is 528 g/mol. The number of rotatable bonds is 13. The molecule has 13 heteroatoms. The minimum atomic E-state index is -1.28. The number of benzene rings is 1. The van der Waals surface area contributed by atoms with E-state index in [1.165, 1.54) is 18.2 Å². The number of carbonyl (C=O) groups excluding carboxylic acids is 3. The first kappa shape index (κ1) is 30.4. The van der Waals surface area contributed by atoms with Crippen LogP contribution in [0.5, 0.6) is 11.5 Å². The summed E-state index contributed by atoms with van der Waals surface area (Å²) in [7, 11) is 0. The number of hydrogen-bond acceptors (Lipinski definition) is 12. The number of aldehydes is 1. The molecule has 0 bridgehead atoms. The Morgan fingerprint density at radius 2 is 1.97 bits per heavy atom. The highest BCUT2D eigenvalue weighted by molar-refractivity contribution is 5.85. The highest BCUT2D eigenvalue weighted by atomic mass is 17.1. The van der Waals surface area contributed by atoms with Crippen molar-refractivity contribution in [3.05, 3.63) is 23.8 Å². The zero-order chi connectivity index (χ0) is 27.4. The highest BCUT2D eigenvalue weighted by Crippen LogP contribution is 2.29. The van der Waals surface area contributed by atoms with Crippen LogP contribution in [0.2, 0.25) is 0 Å². The van der Waals surface area contributed by atoms with Crippen molar-refractivity contribution in [2.75, 3.05) is 19.8 Å². The van der Waals surface area contributed by atoms with Gasteiger partial charge in [-0.2, -0.15) is 0 Å². The van der Waals surface area contributed by atoms with E-state index in [9.17, 15) is 14.4 Å². The number of alkyl carbamates (subject to hydrolysis) is 1. The maximum atomic E-state index is 13.3. The Kier molecular flexibility index (Phi) is 12.2. The maximum Gasteiger partial charge on any atom is 0.408 e. The van der Waals surface area contributed by atoms with Crippen molar-refractivity contribution in [1.29, 1.82) is 0 Å². The Hall–Kier alpha value is -2.81. The van der Waals surface area contributed by atoms with Gasteiger partial charge in [0.25, 0.3) is 0 Å². The quantitative estimate of drug-likeness (QED) is 0.113. The third-order valence-corrected chi connectivity index (χ3v) is 4.97. The summed E-state index contributed by atoms with van der Waals surface area (Å²) in [4.78, 5) is 41.5. The molecule has 1 fully saturated rings. The number of hydrogen-bond donors (Lipinski definition) is 3. The predicted octanol–water partition coefficient (Wildman–Crippen LogP) is 3.01. The average molecular weight is 529 g/mol. The van der Waals surface area contributed by atoms with Crippen LogP contribution in [0.4, 0.5) is 4.79 Å². The lowest BCUT2D eigenvalue weighted by atomic mass is 10.1. The first-order valence-corrected chi connectivity index (χ1v) is 12.0. The molecule has 37 heavy (non-hydrogen) atoms. The van der Waals surface area contributed by atoms with Crippen LogP contribution < -0.4 is 14.8 Å². The van der Waals surface area contributed by atoms with E-state index in [1.54, 1.807) is 27.7 Å². The van der Waals surface area contributed by atoms with Crippen LogP contribution in [-0.4, -0.2) is 78.0 Å². The van der Waals surface area contributed by atoms with Crippen LogP contribution in [0.15, 0.2) is 18.2 Å². The molecule has 13 nitrogen and oxygen atoms in total. The minimum absolute atomic E-state index is 0.0569. The SMILES string of the molecule is CC(OC1CCCCO1)C(NC(=O)OC(C)(C)C)C(=O)Oc1cc(C=O)ccc1OCCCON(O)O. The molecule has 1 aliphatic heterocycles. The van der Waals surface area contributed by atoms with Gasteiger partial charge in [-0.25, -0.2) is 9.59 Å². The maximum absolute atomic E-state index is 13.3. The third kappa shape index (κ3) is 11.4. The van der Waals surface area contributed by atoms with Gasteiger partial charge in [-0.3, -0.25) is 20.0 Å². The number of ether oxygens (including phenoxy) is 5. The predicted molar refractivity (Wildman–Crippen MR) is 126 cm³/mol. The number of esters is 1. The summed E-state index contributed by atoms with van der Waals surface area (Å²) in [5.74, 6) is -0.788. The summed E-state index contributed by atoms with van der Waals surface area (Å²) in [6, 6.07) is 2.97. The molecule has 208 valence electrons. The fourth-order valence-corrected chi connectivity index (χ4v) is 3.29. The molecule has 0 saturated carbocycles. The Morgan fingerprint density at radius 3 is 2.59 bits per heavy atom. The van der Waals surface area contributed by atoms with E-state index in [1.807, 2.05) is 0 Å². The first-order valence-electron chi connectivity index (χ1n) is 12.0. The lowest BCUT2D eigenvalue weighted by Gasteiger charge is -2.30. The van der Waals surface area contributed by atoms with Gasteiger partial charge in [0.1, 0.15) is 11.9 Å². The third-order valence-electron chi connectivity index (χ3n) is 4.97. The van der Waals surface area contributed by atoms with Gasteiger partial charge >= 0.3 is 12.1 Å². The highest BCUT2D eigenvalue weighted by Gasteiger charge is 2.34. The van der Waals surface area contributed by atoms with Gasteiger partial charge in [-0.05, 0) is 65.2 Å². The van der Waals surface area contributed by atoms with Crippen LogP contribution in [0.25, 0.3) is 0 Å². The number of carbonyl (C=O) groups is 3. The van der Waals surface area contributed by atoms with Gasteiger partial charge in [0.2, 0.25) is 0 Å². The summed E-state index contributed by atoms with van der Waals surface area (Å²) < 4.78 is 27.9. The molecule has 0 radical (unpaired) electrons. The molecular weight excluding hydrogens is 492 g/mol. The van der Waals surface area contributed by atoms with E-state index < -0.39 is 41.5 Å². The summed E-state index contributed by atoms with van der Waals surface area (Å²) in [6.07, 6.45) is 1.08. The van der Waals surface area contributed by atoms with E-state index in [0.717, 1.165) is 12.8 Å². The Balaban J connectivity index is 2.17. The Bertz CT molecular complexity index is 882. The van der Waals surface area contributed by atoms with Crippen molar-refractivity contribution in [3.8, 4) is 11.5 Å². The molecule has 1 aromatic carbocycles. The van der Waals surface area contributed by atoms with Crippen LogP contribution in [0.1, 0.15) is 63.7 Å². The molecule has 3 N–H and O–H groups in total. The van der Waals surface area contributed by atoms with Crippen molar-refractivity contribution >= 4 is 18.3 Å². The van der Waals surface area contributed by atoms with Crippen molar-refractivity contribution in [2.24, 2.45) is 0 Å². The van der Waals surface area contributed by atoms with Crippen molar-refractivity contribution in [3.63, 3.8) is 0 Å². The average Bonchev–Trinajstić information content (AvgIpc) is 2.82. The number of amides is 1. The van der Waals surface area contributed by atoms with Gasteiger partial charge in [0, 0.05) is 18.6 Å². The lowest BCUT2D eigenvalue weighted by molar-refractivity contribution is -0.492. The fraction of sp³-hybridized carbons (Fsp3) is 0.625. The molecule has 1 aliphatic rings. The van der Waals surface area contributed by atoms with E-state index >= 15 is 0 Å². The molecule has 1 aromatic rings. The smallest absolute Gasteiger partial charge is 0.408 e. The van der Waals surface area contributed by atoms with Crippen molar-refractivity contribution in [1.82, 2.24) is 10.7 Å². The standard InChI is InChI=1S/C24H36N2O11/c1-16(35-20-8-5-6-11-33-20)21(25-23(29)37-24(2,3)4)22(28)36-19-14-17(15-27)9-10-18(19)32-12-7-13-34-26(30)31/h9-10,14-16,20-21,30-31H,5-8,11-13H2,1-4H3,(H,25,29). The molecule has 1 saturated heterocycles. The second kappa shape index (κ2) is 14.8. The summed E-state index contributed by atoms with van der Waals surface area (Å²) in [6.45, 7) is 7.21. The fourth-order valence-electron chi connectivity index (χ4n) is 3.29. The first-order chi connectivity index (χ1) is 17.5. The van der Waals surface area contributed by atoms with Crippen molar-refractivity contribution < 1.29 is 53.3 Å². The molecule has 0 aliphatic carbocycles. The van der Waals surface area contributed by atoms with Crippen LogP contribution in [-0.2, 0) is 23.8 Å². The summed E-state index contributed by atoms with van der Waals surface area (Å²) >= 11 is 0. The molecule has 3 unspecified atom stereocenters. The van der Waals surface area contributed by atoms with Crippen LogP contribution in [0, 0.1) is 0 Å². The zero-order valence-electron chi connectivity index (χ0n) is 21.5. The lowest BCUT2D eigenvalue weighted by Crippen LogP contribution is -2.52. The Labute approximate surface area is 215 Å². The largest absolute Gasteiger partial charge is 0.490 e. The van der Waals surface area contributed by atoms with E-state index in [4.69, 9.17) is 34.1 Å². The van der Waals surface area contributed by atoms with Gasteiger partial charge in [-0.15, -0.1) is 0 Å². The van der Waals surface area contributed by atoms with E-state index in [0.29, 0.717) is 19.3 Å².